The van der Waals surface area contributed by atoms with Crippen LogP contribution in [0.5, 0.6) is 0 Å². The van der Waals surface area contributed by atoms with Crippen LogP contribution in [0, 0.1) is 11.8 Å². The molecule has 77 heavy (non-hydrogen) atoms. The Morgan fingerprint density at radius 3 is 2.16 bits per heavy atom. The van der Waals surface area contributed by atoms with Gasteiger partial charge in [0.1, 0.15) is 36.6 Å². The number of phosphoric acid groups is 2. The molecular weight excluding hydrogens is 1040 g/mol. The molecule has 2 aliphatic rings. The lowest BCUT2D eigenvalue weighted by Gasteiger charge is -2.39. The first-order valence-corrected chi connectivity index (χ1v) is 29.7. The number of esters is 2. The summed E-state index contributed by atoms with van der Waals surface area (Å²) >= 11 is 0. The highest BCUT2D eigenvalue weighted by Gasteiger charge is 2.45. The van der Waals surface area contributed by atoms with Crippen LogP contribution in [0.1, 0.15) is 142 Å². The Balaban J connectivity index is 1.72. The van der Waals surface area contributed by atoms with Gasteiger partial charge in [0, 0.05) is 31.4 Å². The zero-order valence-corrected chi connectivity index (χ0v) is 46.2. The van der Waals surface area contributed by atoms with E-state index in [0.717, 1.165) is 75.0 Å². The van der Waals surface area contributed by atoms with Gasteiger partial charge in [0.05, 0.1) is 37.4 Å². The van der Waals surface area contributed by atoms with Crippen LogP contribution in [0.3, 0.4) is 0 Å². The molecule has 1 fully saturated rings. The molecule has 1 saturated heterocycles. The highest BCUT2D eigenvalue weighted by molar-refractivity contribution is 7.61. The third-order valence-electron chi connectivity index (χ3n) is 12.3. The first-order chi connectivity index (χ1) is 36.9. The van der Waals surface area contributed by atoms with Crippen LogP contribution in [-0.4, -0.2) is 114 Å². The summed E-state index contributed by atoms with van der Waals surface area (Å²) in [4.78, 5) is 78.1. The molecule has 8 N–H and O–H groups in total. The van der Waals surface area contributed by atoms with E-state index in [-0.39, 0.29) is 37.9 Å². The Morgan fingerprint density at radius 1 is 0.857 bits per heavy atom. The topological polar surface area (TPSA) is 323 Å². The predicted octanol–water partition coefficient (Wildman–Crippen LogP) is 8.03. The third kappa shape index (κ3) is 27.8. The smallest absolute Gasteiger partial charge is 0.462 e. The minimum atomic E-state index is -5.73. The summed E-state index contributed by atoms with van der Waals surface area (Å²) in [6.45, 7) is 1.30. The number of rotatable bonds is 24. The maximum atomic E-state index is 13.9. The molecule has 0 aliphatic carbocycles. The summed E-state index contributed by atoms with van der Waals surface area (Å²) in [5.41, 5.74) is 4.74. The average molecular weight is 1120 g/mol. The minimum absolute atomic E-state index is 0.0325. The number of ketones is 1. The number of fused-ring (bicyclic) bond motifs is 3. The Hall–Kier alpha value is -4.47. The quantitative estimate of drug-likeness (QED) is 0.0223. The molecule has 2 unspecified atom stereocenters. The van der Waals surface area contributed by atoms with E-state index in [1.54, 1.807) is 12.2 Å². The van der Waals surface area contributed by atoms with Gasteiger partial charge in [0.2, 0.25) is 0 Å². The fourth-order valence-corrected chi connectivity index (χ4v) is 10.2. The molecule has 0 saturated carbocycles. The number of hydrogen-bond acceptors (Lipinski definition) is 18. The van der Waals surface area contributed by atoms with Gasteiger partial charge in [-0.2, -0.15) is 9.29 Å². The maximum absolute atomic E-state index is 13.9. The number of nitrogen functional groups attached to an aromatic ring is 1. The van der Waals surface area contributed by atoms with Crippen LogP contribution >= 0.6 is 15.6 Å². The van der Waals surface area contributed by atoms with Crippen molar-refractivity contribution in [3.8, 4) is 0 Å². The molecular formula is C54H83N3O18P2. The Labute approximate surface area is 452 Å². The van der Waals surface area contributed by atoms with Gasteiger partial charge in [-0.15, -0.1) is 0 Å². The van der Waals surface area contributed by atoms with Crippen LogP contribution in [0.2, 0.25) is 0 Å². The summed E-state index contributed by atoms with van der Waals surface area (Å²) in [6.07, 6.45) is 25.7. The number of aromatic nitrogens is 2. The molecule has 3 heterocycles. The summed E-state index contributed by atoms with van der Waals surface area (Å²) in [5.74, 6) is -5.27. The number of unbranched alkanes of at least 4 members (excludes halogenated alkanes) is 5. The Morgan fingerprint density at radius 2 is 1.51 bits per heavy atom. The van der Waals surface area contributed by atoms with Gasteiger partial charge >= 0.3 is 33.3 Å². The molecule has 432 valence electrons. The van der Waals surface area contributed by atoms with Crippen molar-refractivity contribution in [1.29, 1.82) is 0 Å². The van der Waals surface area contributed by atoms with E-state index < -0.39 is 120 Å². The zero-order valence-electron chi connectivity index (χ0n) is 44.4. The van der Waals surface area contributed by atoms with Gasteiger partial charge < -0.3 is 50.2 Å². The lowest BCUT2D eigenvalue weighted by Crippen LogP contribution is -2.51. The molecule has 1 aromatic heterocycles. The van der Waals surface area contributed by atoms with E-state index in [1.807, 2.05) is 6.92 Å². The number of aliphatic hydroxyl groups is 4. The Bertz CT molecular complexity index is 2300. The van der Waals surface area contributed by atoms with Crippen molar-refractivity contribution in [3.05, 3.63) is 108 Å². The fourth-order valence-electron chi connectivity index (χ4n) is 8.09. The van der Waals surface area contributed by atoms with Crippen molar-refractivity contribution in [2.45, 2.75) is 179 Å². The van der Waals surface area contributed by atoms with Crippen LogP contribution < -0.4 is 11.4 Å². The summed E-state index contributed by atoms with van der Waals surface area (Å²) in [5, 5.41) is 45.7. The second kappa shape index (κ2) is 37.4. The molecule has 0 spiro atoms. The number of allylic oxidation sites excluding steroid dienone is 12. The van der Waals surface area contributed by atoms with Crippen LogP contribution in [0.4, 0.5) is 5.82 Å². The number of carbonyl (C=O) groups excluding carboxylic acids is 3. The summed E-state index contributed by atoms with van der Waals surface area (Å²) < 4.78 is 58.9. The van der Waals surface area contributed by atoms with Gasteiger partial charge in [0.15, 0.2) is 6.10 Å². The normalized spacial score (nSPS) is 28.6. The van der Waals surface area contributed by atoms with Crippen LogP contribution in [0.25, 0.3) is 0 Å². The molecule has 1 aromatic rings. The fraction of sp³-hybridized carbons (Fsp3) is 0.611. The molecule has 3 rings (SSSR count). The Kier molecular flexibility index (Phi) is 32.5. The summed E-state index contributed by atoms with van der Waals surface area (Å²) in [7, 11) is -11.3. The first-order valence-electron chi connectivity index (χ1n) is 26.7. The molecule has 2 aliphatic heterocycles. The van der Waals surface area contributed by atoms with Crippen molar-refractivity contribution < 1.29 is 81.3 Å². The number of aliphatic hydroxyl groups excluding tert-OH is 4. The van der Waals surface area contributed by atoms with Gasteiger partial charge in [-0.3, -0.25) is 28.0 Å². The van der Waals surface area contributed by atoms with Crippen molar-refractivity contribution in [2.75, 3.05) is 25.6 Å². The minimum Gasteiger partial charge on any atom is -0.462 e. The number of ether oxygens (including phenoxy) is 3. The lowest BCUT2D eigenvalue weighted by molar-refractivity contribution is -0.186. The standard InChI is InChI=1S/C54H83N3O18P2/c1-3-5-7-8-9-10-11-12-13-14-15-16-17-18-19-20-21-22-27-31-49(61)70-38-42-39-71-76(66,67)75-77(68,69)72-40-47-52(64)51(63)43(34-33-41(58)29-25-6-4-2)45(59)37-46(60)44(30-26-23-24-28-32-50(62)73-42)53(74-47)57-36-35-48(55)56-54(57)65/h5,7,9-10,12-13,15-16,18-19,23,26,33-36,41-44,46-47,51-53,58,60,63-64H,3-4,6,8,11,14,17,20-22,24-25,27-32,37-40H2,1-2H3,(H,66,67)(H,68,69)(H2,55,56,65)/b7-5-,10-9-,13-12-,16-15-,19-18-,26-23?,34-33+/t41-,42+,43-,44-,46-,47+,51-,52+,53+/m0/s1. The predicted molar refractivity (Wildman–Crippen MR) is 289 cm³/mol. The van der Waals surface area contributed by atoms with Gasteiger partial charge in [0.25, 0.3) is 0 Å². The molecule has 0 aromatic carbocycles. The van der Waals surface area contributed by atoms with Gasteiger partial charge in [-0.1, -0.05) is 125 Å². The molecule has 0 radical (unpaired) electrons. The molecule has 21 nitrogen and oxygen atoms in total. The summed E-state index contributed by atoms with van der Waals surface area (Å²) in [6, 6.07) is 1.22. The van der Waals surface area contributed by atoms with E-state index in [0.29, 0.717) is 19.3 Å². The number of phosphoric ester groups is 2. The number of anilines is 1. The average Bonchev–Trinajstić information content (AvgIpc) is 3.37. The second-order valence-corrected chi connectivity index (χ2v) is 21.8. The van der Waals surface area contributed by atoms with E-state index in [9.17, 15) is 58.5 Å². The van der Waals surface area contributed by atoms with Crippen molar-refractivity contribution in [1.82, 2.24) is 9.55 Å². The van der Waals surface area contributed by atoms with Gasteiger partial charge in [-0.05, 0) is 83.1 Å². The van der Waals surface area contributed by atoms with Gasteiger partial charge in [-0.25, -0.2) is 13.9 Å². The van der Waals surface area contributed by atoms with E-state index >= 15 is 0 Å². The SMILES string of the molecule is CC/C=C\C/C=C\C/C=C\C/C=C\C/C=C\CCCCCC(=O)OC[C@@H]1COP(=O)(O)OP(=O)(O)OC[C@H]2O[C@@H](n3ccc(N)nc3=O)[C@@H](CC=CCCCC(=O)O1)[C@@H](O)CC(=O)[C@H](/C=C/[C@@H](O)CCCCC)[C@H](O)[C@@H]2O. The molecule has 11 atom stereocenters. The monoisotopic (exact) mass is 1120 g/mol. The molecule has 23 heteroatoms. The van der Waals surface area contributed by atoms with Crippen molar-refractivity contribution >= 4 is 39.2 Å². The second-order valence-electron chi connectivity index (χ2n) is 18.8. The van der Waals surface area contributed by atoms with E-state index in [1.165, 1.54) is 18.2 Å². The number of cyclic esters (lactones) is 1. The number of carbonyl (C=O) groups is 3. The lowest BCUT2D eigenvalue weighted by atomic mass is 9.83. The first kappa shape index (κ1) is 66.8. The maximum Gasteiger partial charge on any atom is 0.481 e. The third-order valence-corrected chi connectivity index (χ3v) is 14.9. The number of hydrogen-bond donors (Lipinski definition) is 7. The molecule has 2 bridgehead atoms. The molecule has 0 amide bonds. The van der Waals surface area contributed by atoms with Crippen LogP contribution in [0.15, 0.2) is 102 Å². The number of Topliss-reactive ketones (excluding diaryl/α,β-unsaturated/α-hetero) is 1. The van der Waals surface area contributed by atoms with E-state index in [4.69, 9.17) is 29.0 Å². The van der Waals surface area contributed by atoms with Crippen molar-refractivity contribution in [2.24, 2.45) is 11.8 Å². The highest BCUT2D eigenvalue weighted by atomic mass is 31.3. The van der Waals surface area contributed by atoms with E-state index in [2.05, 4.69) is 77.0 Å². The largest absolute Gasteiger partial charge is 0.481 e. The number of nitrogens with zero attached hydrogens (tertiary/aromatic N) is 2. The van der Waals surface area contributed by atoms with Crippen LogP contribution in [-0.2, 0) is 51.1 Å². The highest BCUT2D eigenvalue weighted by Crippen LogP contribution is 2.60. The number of nitrogens with two attached hydrogens (primary N) is 1. The van der Waals surface area contributed by atoms with Crippen molar-refractivity contribution in [3.63, 3.8) is 0 Å². The zero-order chi connectivity index (χ0) is 56.5.